The summed E-state index contributed by atoms with van der Waals surface area (Å²) in [5.74, 6) is -0.772. The summed E-state index contributed by atoms with van der Waals surface area (Å²) in [4.78, 5) is 37.3. The highest BCUT2D eigenvalue weighted by molar-refractivity contribution is 5.92. The molecule has 194 valence electrons. The van der Waals surface area contributed by atoms with Crippen LogP contribution in [0.5, 0.6) is 0 Å². The number of esters is 1. The standard InChI is InChI=1S/C30H28N2O6/c1-3-18-12-13-20-19(16-32(30(35)36)27(20)14-18)15-26(28(33)37-2)31-29(34)38-17-25-23-10-6-4-8-21(23)22-9-5-7-11-24(22)25/h4-14,16,25-26H,3,15,17H2,1-2H3,(H,31,34)(H,35,36)/t26-/m0/s1. The number of aryl methyl sites for hydroxylation is 1. The molecule has 1 heterocycles. The van der Waals surface area contributed by atoms with Gasteiger partial charge in [0.2, 0.25) is 0 Å². The molecular weight excluding hydrogens is 484 g/mol. The number of nitrogens with one attached hydrogen (secondary N) is 1. The number of aromatic nitrogens is 1. The summed E-state index contributed by atoms with van der Waals surface area (Å²) in [5.41, 5.74) is 6.51. The van der Waals surface area contributed by atoms with E-state index in [0.29, 0.717) is 16.5 Å². The van der Waals surface area contributed by atoms with E-state index in [2.05, 4.69) is 17.4 Å². The molecule has 1 amide bonds. The van der Waals surface area contributed by atoms with Crippen molar-refractivity contribution in [3.8, 4) is 11.1 Å². The van der Waals surface area contributed by atoms with E-state index in [4.69, 9.17) is 9.47 Å². The summed E-state index contributed by atoms with van der Waals surface area (Å²) in [5, 5.41) is 13.0. The van der Waals surface area contributed by atoms with Crippen LogP contribution < -0.4 is 5.32 Å². The molecule has 8 heteroatoms. The molecule has 5 rings (SSSR count). The Morgan fingerprint density at radius 3 is 2.26 bits per heavy atom. The van der Waals surface area contributed by atoms with Crippen molar-refractivity contribution in [1.29, 1.82) is 0 Å². The molecule has 0 radical (unpaired) electrons. The Morgan fingerprint density at radius 2 is 1.66 bits per heavy atom. The van der Waals surface area contributed by atoms with Gasteiger partial charge in [0.05, 0.1) is 12.6 Å². The highest BCUT2D eigenvalue weighted by Crippen LogP contribution is 2.44. The van der Waals surface area contributed by atoms with Gasteiger partial charge in [0.15, 0.2) is 0 Å². The van der Waals surface area contributed by atoms with Crippen molar-refractivity contribution >= 4 is 29.1 Å². The number of nitrogens with zero attached hydrogens (tertiary/aromatic N) is 1. The van der Waals surface area contributed by atoms with Gasteiger partial charge in [-0.05, 0) is 45.9 Å². The van der Waals surface area contributed by atoms with Crippen LogP contribution in [-0.4, -0.2) is 47.6 Å². The van der Waals surface area contributed by atoms with Gasteiger partial charge in [0.25, 0.3) is 0 Å². The van der Waals surface area contributed by atoms with Gasteiger partial charge in [0, 0.05) is 23.9 Å². The number of methoxy groups -OCH3 is 1. The maximum Gasteiger partial charge on any atom is 0.416 e. The second kappa shape index (κ2) is 10.4. The van der Waals surface area contributed by atoms with Crippen LogP contribution >= 0.6 is 0 Å². The van der Waals surface area contributed by atoms with Crippen molar-refractivity contribution in [3.05, 3.63) is 95.2 Å². The van der Waals surface area contributed by atoms with Gasteiger partial charge in [-0.3, -0.25) is 4.57 Å². The number of alkyl carbamates (subject to hydrolysis) is 1. The molecule has 0 fully saturated rings. The number of hydrogen-bond acceptors (Lipinski definition) is 5. The SMILES string of the molecule is CCc1ccc2c(C[C@H](NC(=O)OCC3c4ccccc4-c4ccccc43)C(=O)OC)cn(C(=O)O)c2c1. The van der Waals surface area contributed by atoms with Crippen molar-refractivity contribution in [3.63, 3.8) is 0 Å². The maximum atomic E-state index is 12.9. The van der Waals surface area contributed by atoms with Crippen molar-refractivity contribution in [1.82, 2.24) is 9.88 Å². The molecule has 4 aromatic rings. The quantitative estimate of drug-likeness (QED) is 0.323. The zero-order valence-corrected chi connectivity index (χ0v) is 21.1. The lowest BCUT2D eigenvalue weighted by Crippen LogP contribution is -2.43. The first-order chi connectivity index (χ1) is 18.4. The van der Waals surface area contributed by atoms with Crippen LogP contribution in [0.1, 0.15) is 35.1 Å². The smallest absolute Gasteiger partial charge is 0.416 e. The molecule has 1 aromatic heterocycles. The first kappa shape index (κ1) is 25.1. The molecule has 0 saturated heterocycles. The van der Waals surface area contributed by atoms with E-state index in [1.807, 2.05) is 61.5 Å². The van der Waals surface area contributed by atoms with Crippen LogP contribution in [0.2, 0.25) is 0 Å². The zero-order chi connectivity index (χ0) is 26.8. The van der Waals surface area contributed by atoms with Crippen LogP contribution in [0, 0.1) is 0 Å². The predicted octanol–water partition coefficient (Wildman–Crippen LogP) is 5.35. The van der Waals surface area contributed by atoms with E-state index < -0.39 is 24.2 Å². The Bertz CT molecular complexity index is 1490. The third kappa shape index (κ3) is 4.61. The number of rotatable bonds is 7. The summed E-state index contributed by atoms with van der Waals surface area (Å²) in [6, 6.07) is 20.6. The summed E-state index contributed by atoms with van der Waals surface area (Å²) in [7, 11) is 1.24. The van der Waals surface area contributed by atoms with Gasteiger partial charge in [-0.1, -0.05) is 67.6 Å². The molecule has 1 atom stereocenters. The fraction of sp³-hybridized carbons (Fsp3) is 0.233. The number of carboxylic acid groups (broad SMARTS) is 1. The number of fused-ring (bicyclic) bond motifs is 4. The van der Waals surface area contributed by atoms with Crippen molar-refractivity contribution < 1.29 is 29.0 Å². The Morgan fingerprint density at radius 1 is 1.00 bits per heavy atom. The Kier molecular flexibility index (Phi) is 6.87. The fourth-order valence-electron chi connectivity index (χ4n) is 5.22. The topological polar surface area (TPSA) is 107 Å². The van der Waals surface area contributed by atoms with Crippen LogP contribution in [-0.2, 0) is 27.1 Å². The molecule has 2 N–H and O–H groups in total. The lowest BCUT2D eigenvalue weighted by molar-refractivity contribution is -0.142. The lowest BCUT2D eigenvalue weighted by Gasteiger charge is -2.18. The average molecular weight is 513 g/mol. The maximum absolute atomic E-state index is 12.9. The first-order valence-corrected chi connectivity index (χ1v) is 12.5. The summed E-state index contributed by atoms with van der Waals surface area (Å²) < 4.78 is 11.7. The van der Waals surface area contributed by atoms with E-state index in [-0.39, 0.29) is 18.9 Å². The largest absolute Gasteiger partial charge is 0.467 e. The van der Waals surface area contributed by atoms with Crippen molar-refractivity contribution in [2.45, 2.75) is 31.7 Å². The molecule has 38 heavy (non-hydrogen) atoms. The van der Waals surface area contributed by atoms with Crippen LogP contribution in [0.25, 0.3) is 22.0 Å². The van der Waals surface area contributed by atoms with E-state index in [1.54, 1.807) is 0 Å². The Hall–Kier alpha value is -4.59. The average Bonchev–Trinajstić information content (AvgIpc) is 3.46. The number of benzene rings is 3. The molecule has 8 nitrogen and oxygen atoms in total. The third-order valence-corrected chi connectivity index (χ3v) is 7.11. The second-order valence-electron chi connectivity index (χ2n) is 9.26. The van der Waals surface area contributed by atoms with Gasteiger partial charge in [-0.2, -0.15) is 0 Å². The van der Waals surface area contributed by atoms with Gasteiger partial charge in [0.1, 0.15) is 12.6 Å². The molecule has 3 aromatic carbocycles. The molecule has 1 aliphatic carbocycles. The minimum atomic E-state index is -1.13. The Labute approximate surface area is 219 Å². The van der Waals surface area contributed by atoms with Crippen LogP contribution in [0.15, 0.2) is 72.9 Å². The third-order valence-electron chi connectivity index (χ3n) is 7.11. The van der Waals surface area contributed by atoms with Crippen molar-refractivity contribution in [2.24, 2.45) is 0 Å². The monoisotopic (exact) mass is 512 g/mol. The molecule has 0 saturated carbocycles. The molecule has 0 unspecified atom stereocenters. The summed E-state index contributed by atoms with van der Waals surface area (Å²) >= 11 is 0. The number of amides is 1. The molecular formula is C30H28N2O6. The van der Waals surface area contributed by atoms with Gasteiger partial charge < -0.3 is 19.9 Å². The zero-order valence-electron chi connectivity index (χ0n) is 21.1. The number of carbonyl (C=O) groups is 3. The van der Waals surface area contributed by atoms with Gasteiger partial charge >= 0.3 is 18.2 Å². The lowest BCUT2D eigenvalue weighted by atomic mass is 9.98. The normalized spacial score (nSPS) is 13.0. The molecule has 0 bridgehead atoms. The fourth-order valence-corrected chi connectivity index (χ4v) is 5.22. The molecule has 0 spiro atoms. The van der Waals surface area contributed by atoms with E-state index in [1.165, 1.54) is 13.3 Å². The van der Waals surface area contributed by atoms with Crippen LogP contribution in [0.4, 0.5) is 9.59 Å². The van der Waals surface area contributed by atoms with E-state index in [0.717, 1.165) is 38.8 Å². The van der Waals surface area contributed by atoms with Crippen molar-refractivity contribution in [2.75, 3.05) is 13.7 Å². The van der Waals surface area contributed by atoms with Gasteiger partial charge in [-0.25, -0.2) is 14.4 Å². The summed E-state index contributed by atoms with van der Waals surface area (Å²) in [6.45, 7) is 2.09. The molecule has 0 aliphatic heterocycles. The number of ether oxygens (including phenoxy) is 2. The first-order valence-electron chi connectivity index (χ1n) is 12.5. The minimum absolute atomic E-state index is 0.0408. The summed E-state index contributed by atoms with van der Waals surface area (Å²) in [6.07, 6.45) is 0.386. The van der Waals surface area contributed by atoms with E-state index >= 15 is 0 Å². The van der Waals surface area contributed by atoms with E-state index in [9.17, 15) is 19.5 Å². The second-order valence-corrected chi connectivity index (χ2v) is 9.26. The highest BCUT2D eigenvalue weighted by Gasteiger charge is 2.30. The highest BCUT2D eigenvalue weighted by atomic mass is 16.6. The number of hydrogen-bond donors (Lipinski definition) is 2. The minimum Gasteiger partial charge on any atom is -0.467 e. The Balaban J connectivity index is 1.34. The molecule has 1 aliphatic rings. The predicted molar refractivity (Wildman–Crippen MR) is 142 cm³/mol. The number of carbonyl (C=O) groups excluding carboxylic acids is 2. The van der Waals surface area contributed by atoms with Gasteiger partial charge in [-0.15, -0.1) is 0 Å². The van der Waals surface area contributed by atoms with Crippen LogP contribution in [0.3, 0.4) is 0 Å².